The molecule has 0 radical (unpaired) electrons. The first kappa shape index (κ1) is 19.0. The molecule has 1 aliphatic heterocycles. The van der Waals surface area contributed by atoms with Gasteiger partial charge in [-0.3, -0.25) is 4.79 Å². The summed E-state index contributed by atoms with van der Waals surface area (Å²) in [7, 11) is 1.56. The quantitative estimate of drug-likeness (QED) is 0.726. The van der Waals surface area contributed by atoms with E-state index >= 15 is 0 Å². The largest absolute Gasteiger partial charge is 0.496 e. The van der Waals surface area contributed by atoms with Crippen molar-refractivity contribution in [2.45, 2.75) is 44.8 Å². The fraction of sp³-hybridized carbons (Fsp3) is 0.579. The minimum Gasteiger partial charge on any atom is -0.496 e. The lowest BCUT2D eigenvalue weighted by atomic mass is 10.1. The van der Waals surface area contributed by atoms with Gasteiger partial charge in [0.05, 0.1) is 18.2 Å². The number of halogens is 1. The van der Waals surface area contributed by atoms with Crippen molar-refractivity contribution >= 4 is 27.9 Å². The molecule has 142 valence electrons. The first-order chi connectivity index (χ1) is 12.1. The Morgan fingerprint density at radius 3 is 2.46 bits per heavy atom. The summed E-state index contributed by atoms with van der Waals surface area (Å²) in [6, 6.07) is 5.42. The minimum absolute atomic E-state index is 0.0514. The van der Waals surface area contributed by atoms with Crippen molar-refractivity contribution < 1.29 is 19.1 Å². The Labute approximate surface area is 162 Å². The van der Waals surface area contributed by atoms with Crippen LogP contribution in [0.1, 0.15) is 44.0 Å². The van der Waals surface area contributed by atoms with Gasteiger partial charge in [0, 0.05) is 24.1 Å². The highest BCUT2D eigenvalue weighted by molar-refractivity contribution is 9.10. The van der Waals surface area contributed by atoms with Crippen LogP contribution >= 0.6 is 15.9 Å². The van der Waals surface area contributed by atoms with E-state index < -0.39 is 5.60 Å². The molecule has 2 fully saturated rings. The summed E-state index contributed by atoms with van der Waals surface area (Å²) in [6.07, 6.45) is 1.49. The number of amides is 2. The molecule has 7 heteroatoms. The molecule has 26 heavy (non-hydrogen) atoms. The van der Waals surface area contributed by atoms with E-state index in [2.05, 4.69) is 15.9 Å². The Bertz CT molecular complexity index is 725. The average Bonchev–Trinajstić information content (AvgIpc) is 3.32. The van der Waals surface area contributed by atoms with Crippen LogP contribution in [0.4, 0.5) is 4.79 Å². The van der Waals surface area contributed by atoms with Crippen LogP contribution in [0.2, 0.25) is 0 Å². The standard InChI is InChI=1S/C19H25BrN2O4/c1-18(2,3)26-17(24)21-9-10-22(19(12-21)7-8-19)16(23)14-11-13(20)5-6-15(14)25-4/h5-6,11H,7-10,12H2,1-4H3. The van der Waals surface area contributed by atoms with Gasteiger partial charge in [-0.1, -0.05) is 15.9 Å². The lowest BCUT2D eigenvalue weighted by Crippen LogP contribution is -2.58. The predicted octanol–water partition coefficient (Wildman–Crippen LogP) is 3.68. The van der Waals surface area contributed by atoms with Crippen LogP contribution in [-0.4, -0.2) is 59.7 Å². The number of piperazine rings is 1. The molecule has 0 aromatic heterocycles. The van der Waals surface area contributed by atoms with Crippen molar-refractivity contribution in [2.75, 3.05) is 26.7 Å². The van der Waals surface area contributed by atoms with Gasteiger partial charge in [0.15, 0.2) is 0 Å². The van der Waals surface area contributed by atoms with E-state index in [0.717, 1.165) is 17.3 Å². The van der Waals surface area contributed by atoms with E-state index in [1.807, 2.05) is 31.7 Å². The molecule has 1 spiro atoms. The summed E-state index contributed by atoms with van der Waals surface area (Å²) in [5.74, 6) is 0.507. The van der Waals surface area contributed by atoms with Gasteiger partial charge in [0.2, 0.25) is 0 Å². The maximum Gasteiger partial charge on any atom is 0.410 e. The van der Waals surface area contributed by atoms with E-state index in [9.17, 15) is 9.59 Å². The monoisotopic (exact) mass is 424 g/mol. The summed E-state index contributed by atoms with van der Waals surface area (Å²) in [5, 5.41) is 0. The van der Waals surface area contributed by atoms with Gasteiger partial charge < -0.3 is 19.3 Å². The van der Waals surface area contributed by atoms with Crippen LogP contribution in [0, 0.1) is 0 Å². The molecule has 2 aliphatic rings. The summed E-state index contributed by atoms with van der Waals surface area (Å²) < 4.78 is 11.7. The molecular weight excluding hydrogens is 400 g/mol. The Balaban J connectivity index is 1.77. The molecule has 3 rings (SSSR count). The van der Waals surface area contributed by atoms with Gasteiger partial charge in [-0.25, -0.2) is 4.79 Å². The Morgan fingerprint density at radius 1 is 1.19 bits per heavy atom. The van der Waals surface area contributed by atoms with Crippen LogP contribution in [0.3, 0.4) is 0 Å². The first-order valence-electron chi connectivity index (χ1n) is 8.79. The highest BCUT2D eigenvalue weighted by atomic mass is 79.9. The van der Waals surface area contributed by atoms with E-state index in [0.29, 0.717) is 30.9 Å². The summed E-state index contributed by atoms with van der Waals surface area (Å²) in [6.45, 7) is 7.06. The number of nitrogens with zero attached hydrogens (tertiary/aromatic N) is 2. The molecule has 6 nitrogen and oxygen atoms in total. The molecule has 1 aromatic carbocycles. The lowest BCUT2D eigenvalue weighted by molar-refractivity contribution is 0.000559. The highest BCUT2D eigenvalue weighted by Gasteiger charge is 2.54. The second-order valence-corrected chi connectivity index (χ2v) is 8.84. The molecule has 2 amide bonds. The normalized spacial score (nSPS) is 18.7. The number of benzene rings is 1. The van der Waals surface area contributed by atoms with Crippen LogP contribution in [0.5, 0.6) is 5.75 Å². The zero-order valence-electron chi connectivity index (χ0n) is 15.7. The van der Waals surface area contributed by atoms with Crippen molar-refractivity contribution in [3.8, 4) is 5.75 Å². The fourth-order valence-electron chi connectivity index (χ4n) is 3.34. The third-order valence-electron chi connectivity index (χ3n) is 4.77. The van der Waals surface area contributed by atoms with Crippen molar-refractivity contribution in [2.24, 2.45) is 0 Å². The number of hydrogen-bond donors (Lipinski definition) is 0. The molecule has 0 atom stereocenters. The Morgan fingerprint density at radius 2 is 1.88 bits per heavy atom. The molecule has 1 heterocycles. The Hall–Kier alpha value is -1.76. The van der Waals surface area contributed by atoms with Crippen molar-refractivity contribution in [1.29, 1.82) is 0 Å². The SMILES string of the molecule is COc1ccc(Br)cc1C(=O)N1CCN(C(=O)OC(C)(C)C)CC12CC2. The predicted molar refractivity (Wildman–Crippen MR) is 102 cm³/mol. The third kappa shape index (κ3) is 3.82. The van der Waals surface area contributed by atoms with Gasteiger partial charge in [0.25, 0.3) is 5.91 Å². The van der Waals surface area contributed by atoms with E-state index in [1.54, 1.807) is 24.1 Å². The molecule has 1 saturated carbocycles. The van der Waals surface area contributed by atoms with Crippen LogP contribution in [0.25, 0.3) is 0 Å². The minimum atomic E-state index is -0.523. The highest BCUT2D eigenvalue weighted by Crippen LogP contribution is 2.45. The topological polar surface area (TPSA) is 59.1 Å². The van der Waals surface area contributed by atoms with Crippen LogP contribution in [0.15, 0.2) is 22.7 Å². The third-order valence-corrected chi connectivity index (χ3v) is 5.26. The van der Waals surface area contributed by atoms with Crippen molar-refractivity contribution in [1.82, 2.24) is 9.80 Å². The number of rotatable bonds is 2. The molecular formula is C19H25BrN2O4. The molecule has 0 bridgehead atoms. The Kier molecular flexibility index (Phi) is 4.94. The van der Waals surface area contributed by atoms with Gasteiger partial charge >= 0.3 is 6.09 Å². The van der Waals surface area contributed by atoms with Gasteiger partial charge in [-0.2, -0.15) is 0 Å². The summed E-state index contributed by atoms with van der Waals surface area (Å²) in [5.41, 5.74) is -0.261. The van der Waals surface area contributed by atoms with E-state index in [1.165, 1.54) is 0 Å². The van der Waals surface area contributed by atoms with Gasteiger partial charge in [0.1, 0.15) is 11.4 Å². The number of carbonyl (C=O) groups is 2. The zero-order chi connectivity index (χ0) is 19.1. The number of ether oxygens (including phenoxy) is 2. The van der Waals surface area contributed by atoms with Crippen LogP contribution in [-0.2, 0) is 4.74 Å². The first-order valence-corrected chi connectivity index (χ1v) is 9.58. The van der Waals surface area contributed by atoms with E-state index in [4.69, 9.17) is 9.47 Å². The van der Waals surface area contributed by atoms with E-state index in [-0.39, 0.29) is 17.5 Å². The second kappa shape index (κ2) is 6.76. The number of carbonyl (C=O) groups excluding carboxylic acids is 2. The zero-order valence-corrected chi connectivity index (χ0v) is 17.3. The van der Waals surface area contributed by atoms with Crippen molar-refractivity contribution in [3.05, 3.63) is 28.2 Å². The smallest absolute Gasteiger partial charge is 0.410 e. The summed E-state index contributed by atoms with van der Waals surface area (Å²) in [4.78, 5) is 29.2. The maximum atomic E-state index is 13.2. The molecule has 1 aliphatic carbocycles. The maximum absolute atomic E-state index is 13.2. The average molecular weight is 425 g/mol. The van der Waals surface area contributed by atoms with Crippen LogP contribution < -0.4 is 4.74 Å². The summed E-state index contributed by atoms with van der Waals surface area (Å²) >= 11 is 3.42. The molecule has 0 N–H and O–H groups in total. The number of hydrogen-bond acceptors (Lipinski definition) is 4. The van der Waals surface area contributed by atoms with Crippen molar-refractivity contribution in [3.63, 3.8) is 0 Å². The fourth-order valence-corrected chi connectivity index (χ4v) is 3.70. The number of methoxy groups -OCH3 is 1. The molecule has 1 aromatic rings. The van der Waals surface area contributed by atoms with Gasteiger partial charge in [-0.05, 0) is 51.8 Å². The van der Waals surface area contributed by atoms with Gasteiger partial charge in [-0.15, -0.1) is 0 Å². The second-order valence-electron chi connectivity index (χ2n) is 7.93. The lowest BCUT2D eigenvalue weighted by Gasteiger charge is -2.42. The molecule has 0 unspecified atom stereocenters. The molecule has 1 saturated heterocycles.